The average molecular weight is 237 g/mol. The first kappa shape index (κ1) is 11.2. The van der Waals surface area contributed by atoms with Crippen LogP contribution < -0.4 is 11.1 Å². The fourth-order valence-electron chi connectivity index (χ4n) is 1.12. The van der Waals surface area contributed by atoms with Crippen LogP contribution >= 0.6 is 17.0 Å². The van der Waals surface area contributed by atoms with Gasteiger partial charge in [0.2, 0.25) is 0 Å². The third-order valence-electron chi connectivity index (χ3n) is 1.96. The van der Waals surface area contributed by atoms with Crippen LogP contribution in [-0.2, 0) is 0 Å². The lowest BCUT2D eigenvalue weighted by molar-refractivity contribution is 0.229. The Kier molecular flexibility index (Phi) is 3.51. The van der Waals surface area contributed by atoms with Gasteiger partial charge in [-0.25, -0.2) is 4.79 Å². The number of guanidine groups is 1. The van der Waals surface area contributed by atoms with Crippen molar-refractivity contribution in [3.05, 3.63) is 0 Å². The Hall–Kier alpha value is -0.780. The van der Waals surface area contributed by atoms with Gasteiger partial charge in [0, 0.05) is 6.04 Å². The lowest BCUT2D eigenvalue weighted by Gasteiger charge is -2.18. The summed E-state index contributed by atoms with van der Waals surface area (Å²) < 4.78 is 0. The molecule has 1 rings (SSSR count). The third kappa shape index (κ3) is 1.69. The summed E-state index contributed by atoms with van der Waals surface area (Å²) in [5, 5.41) is 9.75. The Morgan fingerprint density at radius 3 is 2.33 bits per heavy atom. The van der Waals surface area contributed by atoms with E-state index in [2.05, 4.69) is 5.32 Å². The van der Waals surface area contributed by atoms with Crippen LogP contribution in [0.4, 0.5) is 4.79 Å². The van der Waals surface area contributed by atoms with Crippen molar-refractivity contribution >= 4 is 29.0 Å². The molecule has 0 spiro atoms. The van der Waals surface area contributed by atoms with Crippen molar-refractivity contribution in [2.75, 3.05) is 0 Å². The summed E-state index contributed by atoms with van der Waals surface area (Å²) in [6.07, 6.45) is 0. The van der Waals surface area contributed by atoms with E-state index >= 15 is 0 Å². The number of urea groups is 1. The van der Waals surface area contributed by atoms with E-state index in [4.69, 9.17) is 11.1 Å². The van der Waals surface area contributed by atoms with Gasteiger partial charge in [-0.3, -0.25) is 10.3 Å². The van der Waals surface area contributed by atoms with Gasteiger partial charge in [0.1, 0.15) is 0 Å². The zero-order valence-electron chi connectivity index (χ0n) is 7.00. The summed E-state index contributed by atoms with van der Waals surface area (Å²) >= 11 is 0. The maximum atomic E-state index is 11.0. The molecule has 0 aliphatic carbocycles. The fraction of sp³-hybridized carbons (Fsp3) is 0.667. The second kappa shape index (κ2) is 3.75. The van der Waals surface area contributed by atoms with E-state index in [9.17, 15) is 4.79 Å². The largest absolute Gasteiger partial charge is 0.370 e. The normalized spacial score (nSPS) is 27.8. The molecule has 0 aromatic heterocycles. The van der Waals surface area contributed by atoms with Crippen LogP contribution in [0.5, 0.6) is 0 Å². The smallest absolute Gasteiger partial charge is 0.324 e. The summed E-state index contributed by atoms with van der Waals surface area (Å²) in [6, 6.07) is -0.246. The molecule has 0 saturated carbocycles. The van der Waals surface area contributed by atoms with Gasteiger partial charge in [-0.2, -0.15) is 0 Å². The average Bonchev–Trinajstić information content (AvgIpc) is 2.07. The molecule has 1 aliphatic rings. The Bertz CT molecular complexity index is 208. The molecule has 1 saturated heterocycles. The number of amides is 2. The van der Waals surface area contributed by atoms with Crippen molar-refractivity contribution in [2.45, 2.75) is 25.9 Å². The Morgan fingerprint density at radius 2 is 2.17 bits per heavy atom. The SMILES string of the molecule is Br.CC1NC(=O)N(C(=N)N)C1C. The van der Waals surface area contributed by atoms with Gasteiger partial charge in [0.05, 0.1) is 6.04 Å². The number of nitrogens with zero attached hydrogens (tertiary/aromatic N) is 1. The van der Waals surface area contributed by atoms with Crippen molar-refractivity contribution in [3.8, 4) is 0 Å². The van der Waals surface area contributed by atoms with Gasteiger partial charge in [-0.15, -0.1) is 17.0 Å². The van der Waals surface area contributed by atoms with Gasteiger partial charge in [0.25, 0.3) is 0 Å². The van der Waals surface area contributed by atoms with E-state index in [0.717, 1.165) is 0 Å². The van der Waals surface area contributed by atoms with Crippen LogP contribution in [0.3, 0.4) is 0 Å². The van der Waals surface area contributed by atoms with E-state index in [-0.39, 0.29) is 41.1 Å². The number of hydrogen-bond donors (Lipinski definition) is 3. The van der Waals surface area contributed by atoms with E-state index in [1.165, 1.54) is 4.90 Å². The third-order valence-corrected chi connectivity index (χ3v) is 1.96. The van der Waals surface area contributed by atoms with Crippen LogP contribution in [0.25, 0.3) is 0 Å². The zero-order chi connectivity index (χ0) is 8.59. The fourth-order valence-corrected chi connectivity index (χ4v) is 1.12. The first-order valence-electron chi connectivity index (χ1n) is 3.47. The van der Waals surface area contributed by atoms with E-state index in [1.807, 2.05) is 13.8 Å². The maximum absolute atomic E-state index is 11.0. The lowest BCUT2D eigenvalue weighted by atomic mass is 10.2. The van der Waals surface area contributed by atoms with Crippen LogP contribution in [-0.4, -0.2) is 29.0 Å². The lowest BCUT2D eigenvalue weighted by Crippen LogP contribution is -2.42. The van der Waals surface area contributed by atoms with Crippen LogP contribution in [0, 0.1) is 5.41 Å². The van der Waals surface area contributed by atoms with Gasteiger partial charge in [-0.05, 0) is 13.8 Å². The summed E-state index contributed by atoms with van der Waals surface area (Å²) in [6.45, 7) is 3.73. The monoisotopic (exact) mass is 236 g/mol. The molecule has 2 amide bonds. The van der Waals surface area contributed by atoms with E-state index in [1.54, 1.807) is 0 Å². The highest BCUT2D eigenvalue weighted by molar-refractivity contribution is 8.93. The minimum atomic E-state index is -0.280. The zero-order valence-corrected chi connectivity index (χ0v) is 8.71. The molecule has 1 heterocycles. The molecule has 5 nitrogen and oxygen atoms in total. The summed E-state index contributed by atoms with van der Waals surface area (Å²) in [5.41, 5.74) is 5.19. The van der Waals surface area contributed by atoms with Gasteiger partial charge < -0.3 is 11.1 Å². The second-order valence-electron chi connectivity index (χ2n) is 2.73. The number of nitrogens with one attached hydrogen (secondary N) is 2. The van der Waals surface area contributed by atoms with Crippen molar-refractivity contribution in [3.63, 3.8) is 0 Å². The standard InChI is InChI=1S/C6H12N4O.BrH/c1-3-4(2)10(5(7)8)6(11)9-3;/h3-4H,1-2H3,(H3,7,8)(H,9,11);1H. The molecule has 0 radical (unpaired) electrons. The first-order valence-corrected chi connectivity index (χ1v) is 3.47. The first-order chi connectivity index (χ1) is 5.04. The van der Waals surface area contributed by atoms with Gasteiger partial charge in [-0.1, -0.05) is 0 Å². The Balaban J connectivity index is 0.00000121. The number of halogens is 1. The van der Waals surface area contributed by atoms with Crippen LogP contribution in [0.1, 0.15) is 13.8 Å². The molecule has 12 heavy (non-hydrogen) atoms. The topological polar surface area (TPSA) is 82.2 Å². The molecule has 4 N–H and O–H groups in total. The molecule has 2 unspecified atom stereocenters. The maximum Gasteiger partial charge on any atom is 0.324 e. The number of carbonyl (C=O) groups is 1. The molecule has 6 heteroatoms. The van der Waals surface area contributed by atoms with Crippen molar-refractivity contribution in [2.24, 2.45) is 5.73 Å². The highest BCUT2D eigenvalue weighted by Crippen LogP contribution is 2.11. The Labute approximate surface area is 81.6 Å². The molecular formula is C6H13BrN4O. The quantitative estimate of drug-likeness (QED) is 0.417. The van der Waals surface area contributed by atoms with Crippen molar-refractivity contribution in [1.29, 1.82) is 5.41 Å². The molecule has 70 valence electrons. The highest BCUT2D eigenvalue weighted by Gasteiger charge is 2.34. The minimum absolute atomic E-state index is 0. The Morgan fingerprint density at radius 1 is 1.67 bits per heavy atom. The van der Waals surface area contributed by atoms with Gasteiger partial charge in [0.15, 0.2) is 5.96 Å². The number of carbonyl (C=O) groups excluding carboxylic acids is 1. The van der Waals surface area contributed by atoms with E-state index < -0.39 is 0 Å². The van der Waals surface area contributed by atoms with Crippen molar-refractivity contribution in [1.82, 2.24) is 10.2 Å². The summed E-state index contributed by atoms with van der Waals surface area (Å²) in [5.74, 6) is -0.195. The highest BCUT2D eigenvalue weighted by atomic mass is 79.9. The predicted molar refractivity (Wildman–Crippen MR) is 51.5 cm³/mol. The number of rotatable bonds is 0. The molecule has 2 atom stereocenters. The molecule has 0 aromatic carbocycles. The predicted octanol–water partition coefficient (Wildman–Crippen LogP) is 0.260. The van der Waals surface area contributed by atoms with Crippen LogP contribution in [0.2, 0.25) is 0 Å². The van der Waals surface area contributed by atoms with Gasteiger partial charge >= 0.3 is 6.03 Å². The molecule has 0 aromatic rings. The number of nitrogens with two attached hydrogens (primary N) is 1. The second-order valence-corrected chi connectivity index (χ2v) is 2.73. The van der Waals surface area contributed by atoms with Crippen molar-refractivity contribution < 1.29 is 4.79 Å². The molecule has 1 aliphatic heterocycles. The summed E-state index contributed by atoms with van der Waals surface area (Å²) in [7, 11) is 0. The molecule has 0 bridgehead atoms. The summed E-state index contributed by atoms with van der Waals surface area (Å²) in [4.78, 5) is 12.3. The molecule has 1 fully saturated rings. The minimum Gasteiger partial charge on any atom is -0.370 e. The van der Waals surface area contributed by atoms with E-state index in [0.29, 0.717) is 0 Å². The molecular weight excluding hydrogens is 224 g/mol. The van der Waals surface area contributed by atoms with Crippen LogP contribution in [0.15, 0.2) is 0 Å². The number of hydrogen-bond acceptors (Lipinski definition) is 2.